The molecule has 260 valence electrons. The van der Waals surface area contributed by atoms with Gasteiger partial charge in [0.05, 0.1) is 172 Å². The fourth-order valence-electron chi connectivity index (χ4n) is 2.85. The second-order valence-corrected chi connectivity index (χ2v) is 8.72. The van der Waals surface area contributed by atoms with E-state index in [9.17, 15) is 4.39 Å². The quantitative estimate of drug-likeness (QED) is 0.0700. The molecule has 0 aromatic heterocycles. The Labute approximate surface area is 262 Å². The van der Waals surface area contributed by atoms with Gasteiger partial charge in [0.1, 0.15) is 6.67 Å². The largest absolute Gasteiger partial charge is 0.378 e. The maximum Gasteiger partial charge on any atom is 0.113 e. The Morgan fingerprint density at radius 3 is 0.512 bits per heavy atom. The van der Waals surface area contributed by atoms with Crippen molar-refractivity contribution in [3.8, 4) is 0 Å². The van der Waals surface area contributed by atoms with Crippen molar-refractivity contribution in [2.75, 3.05) is 184 Å². The summed E-state index contributed by atoms with van der Waals surface area (Å²) < 4.78 is 81.5. The molecule has 0 aliphatic carbocycles. The van der Waals surface area contributed by atoms with Crippen molar-refractivity contribution < 1.29 is 66.0 Å². The first kappa shape index (κ1) is 42.7. The molecule has 0 aromatic carbocycles. The van der Waals surface area contributed by atoms with E-state index in [0.717, 1.165) is 0 Å². The molecule has 0 aliphatic rings. The van der Waals surface area contributed by atoms with E-state index in [1.54, 1.807) is 0 Å². The summed E-state index contributed by atoms with van der Waals surface area (Å²) in [6, 6.07) is 0. The van der Waals surface area contributed by atoms with E-state index in [1.165, 1.54) is 0 Å². The van der Waals surface area contributed by atoms with E-state index in [2.05, 4.69) is 0 Å². The van der Waals surface area contributed by atoms with Crippen LogP contribution in [-0.4, -0.2) is 184 Å². The third-order valence-corrected chi connectivity index (χ3v) is 5.06. The van der Waals surface area contributed by atoms with Gasteiger partial charge in [-0.05, 0) is 0 Å². The molecule has 0 atom stereocenters. The summed E-state index contributed by atoms with van der Waals surface area (Å²) >= 11 is 5.50. The van der Waals surface area contributed by atoms with Crippen LogP contribution in [0.25, 0.3) is 0 Å². The van der Waals surface area contributed by atoms with Crippen LogP contribution in [0.2, 0.25) is 0 Å². The van der Waals surface area contributed by atoms with Crippen LogP contribution in [0.3, 0.4) is 0 Å². The first-order valence-corrected chi connectivity index (χ1v) is 15.6. The molecular weight excluding hydrogens is 599 g/mol. The Kier molecular flexibility index (Phi) is 41.4. The molecule has 0 N–H and O–H groups in total. The Morgan fingerprint density at radius 1 is 0.233 bits per heavy atom. The van der Waals surface area contributed by atoms with Gasteiger partial charge in [-0.1, -0.05) is 0 Å². The predicted molar refractivity (Wildman–Crippen MR) is 157 cm³/mol. The lowest BCUT2D eigenvalue weighted by Crippen LogP contribution is -2.15. The van der Waals surface area contributed by atoms with Crippen LogP contribution >= 0.6 is 11.6 Å². The Hall–Kier alpha value is -0.300. The summed E-state index contributed by atoms with van der Waals surface area (Å²) in [4.78, 5) is 0. The van der Waals surface area contributed by atoms with Crippen LogP contribution in [0.15, 0.2) is 0 Å². The zero-order valence-corrected chi connectivity index (χ0v) is 26.6. The zero-order chi connectivity index (χ0) is 31.0. The van der Waals surface area contributed by atoms with E-state index in [1.807, 2.05) is 0 Å². The van der Waals surface area contributed by atoms with Gasteiger partial charge in [0.15, 0.2) is 0 Å². The lowest BCUT2D eigenvalue weighted by molar-refractivity contribution is -0.0290. The summed E-state index contributed by atoms with van der Waals surface area (Å²) in [5.74, 6) is 0.494. The minimum absolute atomic E-state index is 0.112. The summed E-state index contributed by atoms with van der Waals surface area (Å²) in [6.07, 6.45) is 0. The second kappa shape index (κ2) is 41.7. The van der Waals surface area contributed by atoms with Gasteiger partial charge in [-0.3, -0.25) is 0 Å². The molecule has 0 bridgehead atoms. The molecule has 0 heterocycles. The molecule has 0 unspecified atom stereocenters. The fraction of sp³-hybridized carbons (Fsp3) is 1.00. The Bertz CT molecular complexity index is 450. The van der Waals surface area contributed by atoms with Crippen LogP contribution in [0.5, 0.6) is 0 Å². The third kappa shape index (κ3) is 41.7. The monoisotopic (exact) mass is 654 g/mol. The molecule has 0 fully saturated rings. The smallest absolute Gasteiger partial charge is 0.113 e. The molecular formula is C28H56ClFO13. The summed E-state index contributed by atoms with van der Waals surface area (Å²) in [5.41, 5.74) is 0. The molecule has 0 amide bonds. The van der Waals surface area contributed by atoms with Gasteiger partial charge in [-0.15, -0.1) is 11.6 Å². The molecule has 13 nitrogen and oxygen atoms in total. The number of alkyl halides is 2. The van der Waals surface area contributed by atoms with Crippen molar-refractivity contribution in [1.82, 2.24) is 0 Å². The number of hydrogen-bond acceptors (Lipinski definition) is 13. The highest BCUT2D eigenvalue weighted by molar-refractivity contribution is 6.17. The van der Waals surface area contributed by atoms with Crippen molar-refractivity contribution >= 4 is 11.6 Å². The van der Waals surface area contributed by atoms with Crippen LogP contribution in [-0.2, 0) is 61.6 Å². The van der Waals surface area contributed by atoms with Crippen molar-refractivity contribution in [2.24, 2.45) is 0 Å². The molecule has 0 saturated heterocycles. The average Bonchev–Trinajstić information content (AvgIpc) is 3.02. The highest BCUT2D eigenvalue weighted by atomic mass is 35.5. The summed E-state index contributed by atoms with van der Waals surface area (Å²) in [5, 5.41) is 0. The Morgan fingerprint density at radius 2 is 0.372 bits per heavy atom. The van der Waals surface area contributed by atoms with Gasteiger partial charge < -0.3 is 61.6 Å². The maximum absolute atomic E-state index is 11.8. The molecule has 0 radical (unpaired) electrons. The minimum Gasteiger partial charge on any atom is -0.378 e. The lowest BCUT2D eigenvalue weighted by atomic mass is 10.6. The molecule has 43 heavy (non-hydrogen) atoms. The van der Waals surface area contributed by atoms with Crippen molar-refractivity contribution in [1.29, 1.82) is 0 Å². The van der Waals surface area contributed by atoms with Gasteiger partial charge in [0.25, 0.3) is 0 Å². The first-order chi connectivity index (χ1) is 21.4. The van der Waals surface area contributed by atoms with Gasteiger partial charge in [0, 0.05) is 5.88 Å². The van der Waals surface area contributed by atoms with Crippen molar-refractivity contribution in [3.05, 3.63) is 0 Å². The average molecular weight is 655 g/mol. The zero-order valence-electron chi connectivity index (χ0n) is 25.9. The van der Waals surface area contributed by atoms with E-state index in [4.69, 9.17) is 73.2 Å². The molecule has 0 spiro atoms. The van der Waals surface area contributed by atoms with Gasteiger partial charge in [0.2, 0.25) is 0 Å². The standard InChI is InChI=1S/C28H56ClFO13/c29-1-3-31-5-7-33-9-11-35-13-15-37-17-19-39-21-23-41-25-27-43-28-26-42-24-22-40-20-18-38-16-14-36-12-10-34-8-6-32-4-2-30/h1-28H2. The van der Waals surface area contributed by atoms with Gasteiger partial charge >= 0.3 is 0 Å². The topological polar surface area (TPSA) is 120 Å². The van der Waals surface area contributed by atoms with Crippen LogP contribution in [0.4, 0.5) is 4.39 Å². The number of rotatable bonds is 40. The minimum atomic E-state index is -0.476. The molecule has 0 aliphatic heterocycles. The van der Waals surface area contributed by atoms with E-state index < -0.39 is 6.67 Å². The first-order valence-electron chi connectivity index (χ1n) is 15.0. The number of halogens is 2. The van der Waals surface area contributed by atoms with Crippen LogP contribution in [0.1, 0.15) is 0 Å². The molecule has 0 rings (SSSR count). The van der Waals surface area contributed by atoms with E-state index in [0.29, 0.717) is 171 Å². The van der Waals surface area contributed by atoms with Crippen molar-refractivity contribution in [2.45, 2.75) is 0 Å². The second-order valence-electron chi connectivity index (χ2n) is 8.34. The number of ether oxygens (including phenoxy) is 13. The Balaban J connectivity index is 3.02. The maximum atomic E-state index is 11.8. The molecule has 15 heteroatoms. The normalized spacial score (nSPS) is 11.6. The lowest BCUT2D eigenvalue weighted by Gasteiger charge is -2.09. The third-order valence-electron chi connectivity index (χ3n) is 4.91. The highest BCUT2D eigenvalue weighted by Crippen LogP contribution is 1.88. The fourth-order valence-corrected chi connectivity index (χ4v) is 2.96. The van der Waals surface area contributed by atoms with Gasteiger partial charge in [-0.2, -0.15) is 0 Å². The summed E-state index contributed by atoms with van der Waals surface area (Å²) in [6.45, 7) is 12.1. The van der Waals surface area contributed by atoms with E-state index in [-0.39, 0.29) is 6.61 Å². The van der Waals surface area contributed by atoms with Gasteiger partial charge in [-0.25, -0.2) is 4.39 Å². The SMILES string of the molecule is FCCOCCOCCOCCOCCOCCOCCOCCOCCOCCOCCOCCOCCOCCCl. The summed E-state index contributed by atoms with van der Waals surface area (Å²) in [7, 11) is 0. The van der Waals surface area contributed by atoms with E-state index >= 15 is 0 Å². The molecule has 0 aromatic rings. The highest BCUT2D eigenvalue weighted by Gasteiger charge is 1.97. The predicted octanol–water partition coefficient (Wildman–Crippen LogP) is 1.41. The number of hydrogen-bond donors (Lipinski definition) is 0. The molecule has 0 saturated carbocycles. The van der Waals surface area contributed by atoms with Crippen LogP contribution < -0.4 is 0 Å². The van der Waals surface area contributed by atoms with Crippen LogP contribution in [0, 0.1) is 0 Å². The van der Waals surface area contributed by atoms with Crippen molar-refractivity contribution in [3.63, 3.8) is 0 Å².